The number of aryl methyl sites for hydroxylation is 1. The van der Waals surface area contributed by atoms with Gasteiger partial charge in [0.05, 0.1) is 11.2 Å². The summed E-state index contributed by atoms with van der Waals surface area (Å²) in [7, 11) is 0. The molecule has 2 aromatic carbocycles. The maximum atomic E-state index is 12.9. The van der Waals surface area contributed by atoms with Crippen LogP contribution < -0.4 is 0 Å². The molecular weight excluding hydrogens is 344 g/mol. The lowest BCUT2D eigenvalue weighted by Gasteiger charge is -2.10. The Morgan fingerprint density at radius 3 is 2.68 bits per heavy atom. The largest absolute Gasteiger partial charge is 0.340 e. The van der Waals surface area contributed by atoms with Crippen molar-refractivity contribution in [3.8, 4) is 0 Å². The Hall–Kier alpha value is -3.46. The molecule has 0 aliphatic rings. The van der Waals surface area contributed by atoms with Crippen molar-refractivity contribution in [3.05, 3.63) is 107 Å². The summed E-state index contributed by atoms with van der Waals surface area (Å²) in [4.78, 5) is 17.6. The summed E-state index contributed by atoms with van der Waals surface area (Å²) in [5.41, 5.74) is 5.71. The molecule has 0 amide bonds. The predicted molar refractivity (Wildman–Crippen MR) is 115 cm³/mol. The standard InChI is InChI=1S/C25H22N2O/c1-3-6-20-7-4-8-22-15-19(16-26-24(20)22)17-27-14-5-9-23(27)25(28)21-12-10-18(2)11-13-21/h3-16H,17H2,1-2H3/b6-3+. The third-order valence-electron chi connectivity index (χ3n) is 4.87. The molecule has 28 heavy (non-hydrogen) atoms. The Balaban J connectivity index is 1.64. The maximum Gasteiger partial charge on any atom is 0.209 e. The number of rotatable bonds is 5. The zero-order valence-electron chi connectivity index (χ0n) is 16.1. The molecule has 0 N–H and O–H groups in total. The van der Waals surface area contributed by atoms with Crippen molar-refractivity contribution >= 4 is 22.8 Å². The first-order valence-corrected chi connectivity index (χ1v) is 9.42. The highest BCUT2D eigenvalue weighted by molar-refractivity contribution is 6.08. The van der Waals surface area contributed by atoms with Crippen molar-refractivity contribution in [2.75, 3.05) is 0 Å². The molecule has 0 aliphatic carbocycles. The Kier molecular flexibility index (Phi) is 4.90. The van der Waals surface area contributed by atoms with Crippen LogP contribution in [0.1, 0.15) is 39.7 Å². The Labute approximate surface area is 165 Å². The lowest BCUT2D eigenvalue weighted by molar-refractivity contribution is 0.103. The molecule has 2 heterocycles. The molecule has 0 fully saturated rings. The Morgan fingerprint density at radius 1 is 1.07 bits per heavy atom. The number of allylic oxidation sites excluding steroid dienone is 1. The molecule has 0 radical (unpaired) electrons. The van der Waals surface area contributed by atoms with E-state index in [-0.39, 0.29) is 5.78 Å². The first-order valence-electron chi connectivity index (χ1n) is 9.42. The van der Waals surface area contributed by atoms with Gasteiger partial charge in [0.25, 0.3) is 0 Å². The smallest absolute Gasteiger partial charge is 0.209 e. The summed E-state index contributed by atoms with van der Waals surface area (Å²) in [5, 5.41) is 1.10. The van der Waals surface area contributed by atoms with Gasteiger partial charge in [0.2, 0.25) is 5.78 Å². The number of benzene rings is 2. The molecule has 0 saturated heterocycles. The number of aromatic nitrogens is 2. The lowest BCUT2D eigenvalue weighted by atomic mass is 10.1. The van der Waals surface area contributed by atoms with Gasteiger partial charge >= 0.3 is 0 Å². The SMILES string of the molecule is C/C=C/c1cccc2cc(Cn3cccc3C(=O)c3ccc(C)cc3)cnc12. The van der Waals surface area contributed by atoms with Gasteiger partial charge in [-0.25, -0.2) is 0 Å². The summed E-state index contributed by atoms with van der Waals surface area (Å²) < 4.78 is 1.99. The number of carbonyl (C=O) groups excluding carboxylic acids is 1. The molecule has 0 spiro atoms. The van der Waals surface area contributed by atoms with Gasteiger partial charge in [-0.3, -0.25) is 9.78 Å². The van der Waals surface area contributed by atoms with Crippen LogP contribution in [0.25, 0.3) is 17.0 Å². The molecule has 138 valence electrons. The first-order chi connectivity index (χ1) is 13.7. The van der Waals surface area contributed by atoms with Crippen molar-refractivity contribution in [1.82, 2.24) is 9.55 Å². The molecule has 0 aliphatic heterocycles. The second-order valence-electron chi connectivity index (χ2n) is 6.98. The summed E-state index contributed by atoms with van der Waals surface area (Å²) in [5.74, 6) is 0.0362. The first kappa shape index (κ1) is 17.9. The van der Waals surface area contributed by atoms with E-state index < -0.39 is 0 Å². The van der Waals surface area contributed by atoms with Crippen molar-refractivity contribution in [1.29, 1.82) is 0 Å². The van der Waals surface area contributed by atoms with Gasteiger partial charge < -0.3 is 4.57 Å². The van der Waals surface area contributed by atoms with Crippen molar-refractivity contribution < 1.29 is 4.79 Å². The molecule has 0 saturated carbocycles. The van der Waals surface area contributed by atoms with E-state index in [1.165, 1.54) is 0 Å². The molecule has 4 rings (SSSR count). The van der Waals surface area contributed by atoms with E-state index >= 15 is 0 Å². The van der Waals surface area contributed by atoms with Gasteiger partial charge in [-0.15, -0.1) is 0 Å². The van der Waals surface area contributed by atoms with Gasteiger partial charge in [0, 0.05) is 35.5 Å². The van der Waals surface area contributed by atoms with E-state index in [0.29, 0.717) is 17.8 Å². The van der Waals surface area contributed by atoms with E-state index in [1.807, 2.05) is 79.3 Å². The fraction of sp³-hybridized carbons (Fsp3) is 0.120. The van der Waals surface area contributed by atoms with E-state index in [0.717, 1.165) is 27.6 Å². The van der Waals surface area contributed by atoms with E-state index in [1.54, 1.807) is 0 Å². The Morgan fingerprint density at radius 2 is 1.89 bits per heavy atom. The number of carbonyl (C=O) groups is 1. The number of hydrogen-bond acceptors (Lipinski definition) is 2. The maximum absolute atomic E-state index is 12.9. The summed E-state index contributed by atoms with van der Waals surface area (Å²) in [6, 6.07) is 19.8. The number of ketones is 1. The van der Waals surface area contributed by atoms with Crippen molar-refractivity contribution in [3.63, 3.8) is 0 Å². The third kappa shape index (κ3) is 3.52. The molecule has 3 nitrogen and oxygen atoms in total. The van der Waals surface area contributed by atoms with Gasteiger partial charge in [-0.05, 0) is 37.6 Å². The normalized spacial score (nSPS) is 11.4. The zero-order chi connectivity index (χ0) is 19.5. The monoisotopic (exact) mass is 366 g/mol. The molecule has 4 aromatic rings. The molecule has 0 bridgehead atoms. The molecule has 0 unspecified atom stereocenters. The number of para-hydroxylation sites is 1. The van der Waals surface area contributed by atoms with E-state index in [4.69, 9.17) is 0 Å². The van der Waals surface area contributed by atoms with Gasteiger partial charge in [-0.1, -0.05) is 60.2 Å². The Bertz CT molecular complexity index is 1170. The van der Waals surface area contributed by atoms with E-state index in [2.05, 4.69) is 29.3 Å². The predicted octanol–water partition coefficient (Wildman–Crippen LogP) is 5.66. The van der Waals surface area contributed by atoms with Crippen LogP contribution in [0.3, 0.4) is 0 Å². The molecule has 0 atom stereocenters. The van der Waals surface area contributed by atoms with Crippen molar-refractivity contribution in [2.45, 2.75) is 20.4 Å². The second kappa shape index (κ2) is 7.65. The highest BCUT2D eigenvalue weighted by Gasteiger charge is 2.14. The minimum absolute atomic E-state index is 0.0362. The average Bonchev–Trinajstić information content (AvgIpc) is 3.16. The fourth-order valence-electron chi connectivity index (χ4n) is 3.44. The summed E-state index contributed by atoms with van der Waals surface area (Å²) in [6.45, 7) is 4.63. The average molecular weight is 366 g/mol. The van der Waals surface area contributed by atoms with E-state index in [9.17, 15) is 4.79 Å². The van der Waals surface area contributed by atoms with Crippen LogP contribution in [0.2, 0.25) is 0 Å². The molecule has 3 heteroatoms. The highest BCUT2D eigenvalue weighted by Crippen LogP contribution is 2.20. The number of fused-ring (bicyclic) bond motifs is 1. The fourth-order valence-corrected chi connectivity index (χ4v) is 3.44. The summed E-state index contributed by atoms with van der Waals surface area (Å²) in [6.07, 6.45) is 7.93. The number of nitrogens with zero attached hydrogens (tertiary/aromatic N) is 2. The van der Waals surface area contributed by atoms with Crippen LogP contribution in [0.4, 0.5) is 0 Å². The number of pyridine rings is 1. The number of hydrogen-bond donors (Lipinski definition) is 0. The van der Waals surface area contributed by atoms with Gasteiger partial charge in [0.1, 0.15) is 0 Å². The van der Waals surface area contributed by atoms with Crippen LogP contribution >= 0.6 is 0 Å². The van der Waals surface area contributed by atoms with Crippen LogP contribution in [0, 0.1) is 6.92 Å². The van der Waals surface area contributed by atoms with Crippen LogP contribution in [0.15, 0.2) is 79.1 Å². The molecule has 2 aromatic heterocycles. The minimum Gasteiger partial charge on any atom is -0.340 e. The van der Waals surface area contributed by atoms with Crippen LogP contribution in [-0.2, 0) is 6.54 Å². The van der Waals surface area contributed by atoms with Crippen molar-refractivity contribution in [2.24, 2.45) is 0 Å². The van der Waals surface area contributed by atoms with Crippen LogP contribution in [0.5, 0.6) is 0 Å². The van der Waals surface area contributed by atoms with Crippen LogP contribution in [-0.4, -0.2) is 15.3 Å². The minimum atomic E-state index is 0.0362. The third-order valence-corrected chi connectivity index (χ3v) is 4.87. The lowest BCUT2D eigenvalue weighted by Crippen LogP contribution is -2.10. The quantitative estimate of drug-likeness (QED) is 0.427. The highest BCUT2D eigenvalue weighted by atomic mass is 16.1. The second-order valence-corrected chi connectivity index (χ2v) is 6.98. The topological polar surface area (TPSA) is 34.9 Å². The molecular formula is C25H22N2O. The van der Waals surface area contributed by atoms with Gasteiger partial charge in [0.15, 0.2) is 0 Å². The van der Waals surface area contributed by atoms with Gasteiger partial charge in [-0.2, -0.15) is 0 Å². The zero-order valence-corrected chi connectivity index (χ0v) is 16.1. The summed E-state index contributed by atoms with van der Waals surface area (Å²) >= 11 is 0.